The minimum Gasteiger partial charge on any atom is -0.383 e. The standard InChI is InChI=1S/C13H23N5O/c1-8(2)9-10(14)17-7-18-11(9)16-6-13(3,4)12(19)15-5/h7-8H,6H2,1-5H3,(H,15,19)(H3,14,16,17,18). The molecule has 0 aliphatic heterocycles. The highest BCUT2D eigenvalue weighted by molar-refractivity contribution is 5.82. The van der Waals surface area contributed by atoms with Crippen LogP contribution < -0.4 is 16.4 Å². The number of amides is 1. The Bertz CT molecular complexity index is 456. The smallest absolute Gasteiger partial charge is 0.227 e. The molecule has 0 spiro atoms. The van der Waals surface area contributed by atoms with Crippen molar-refractivity contribution in [3.05, 3.63) is 11.9 Å². The Labute approximate surface area is 114 Å². The van der Waals surface area contributed by atoms with Crippen molar-refractivity contribution in [3.63, 3.8) is 0 Å². The van der Waals surface area contributed by atoms with Crippen LogP contribution in [0.1, 0.15) is 39.2 Å². The van der Waals surface area contributed by atoms with Gasteiger partial charge in [-0.25, -0.2) is 9.97 Å². The van der Waals surface area contributed by atoms with Crippen LogP contribution in [0.3, 0.4) is 0 Å². The summed E-state index contributed by atoms with van der Waals surface area (Å²) in [7, 11) is 1.63. The van der Waals surface area contributed by atoms with Crippen LogP contribution in [0.5, 0.6) is 0 Å². The molecule has 1 aromatic heterocycles. The molecule has 0 saturated carbocycles. The molecule has 0 radical (unpaired) electrons. The van der Waals surface area contributed by atoms with E-state index in [9.17, 15) is 4.79 Å². The lowest BCUT2D eigenvalue weighted by atomic mass is 9.92. The molecule has 0 bridgehead atoms. The van der Waals surface area contributed by atoms with E-state index in [2.05, 4.69) is 20.6 Å². The van der Waals surface area contributed by atoms with Crippen molar-refractivity contribution in [1.82, 2.24) is 15.3 Å². The van der Waals surface area contributed by atoms with Crippen molar-refractivity contribution in [1.29, 1.82) is 0 Å². The fourth-order valence-electron chi connectivity index (χ4n) is 1.84. The molecular weight excluding hydrogens is 242 g/mol. The summed E-state index contributed by atoms with van der Waals surface area (Å²) in [5.41, 5.74) is 6.24. The number of hydrogen-bond donors (Lipinski definition) is 3. The highest BCUT2D eigenvalue weighted by Crippen LogP contribution is 2.27. The number of rotatable bonds is 5. The molecule has 1 rings (SSSR count). The summed E-state index contributed by atoms with van der Waals surface area (Å²) in [5, 5.41) is 5.85. The first-order chi connectivity index (χ1) is 8.79. The predicted octanol–water partition coefficient (Wildman–Crippen LogP) is 1.37. The molecule has 0 saturated heterocycles. The summed E-state index contributed by atoms with van der Waals surface area (Å²) in [4.78, 5) is 20.0. The van der Waals surface area contributed by atoms with Crippen LogP contribution in [-0.2, 0) is 4.79 Å². The number of nitrogens with one attached hydrogen (secondary N) is 2. The Hall–Kier alpha value is -1.85. The third-order valence-electron chi connectivity index (χ3n) is 3.03. The van der Waals surface area contributed by atoms with Gasteiger partial charge in [0.05, 0.1) is 5.41 Å². The maximum Gasteiger partial charge on any atom is 0.227 e. The van der Waals surface area contributed by atoms with Gasteiger partial charge in [-0.05, 0) is 19.8 Å². The number of nitrogen functional groups attached to an aromatic ring is 1. The molecule has 0 aliphatic carbocycles. The first kappa shape index (κ1) is 15.2. The van der Waals surface area contributed by atoms with Crippen molar-refractivity contribution in [2.24, 2.45) is 5.41 Å². The van der Waals surface area contributed by atoms with E-state index in [1.54, 1.807) is 7.05 Å². The zero-order valence-corrected chi connectivity index (χ0v) is 12.2. The number of aromatic nitrogens is 2. The van der Waals surface area contributed by atoms with E-state index in [4.69, 9.17) is 5.73 Å². The number of carbonyl (C=O) groups is 1. The third-order valence-corrected chi connectivity index (χ3v) is 3.03. The molecule has 4 N–H and O–H groups in total. The van der Waals surface area contributed by atoms with Crippen LogP contribution in [0.15, 0.2) is 6.33 Å². The molecule has 1 aromatic rings. The van der Waals surface area contributed by atoms with E-state index in [0.29, 0.717) is 18.2 Å². The Morgan fingerprint density at radius 3 is 2.58 bits per heavy atom. The lowest BCUT2D eigenvalue weighted by Gasteiger charge is -2.24. The van der Waals surface area contributed by atoms with E-state index in [1.165, 1.54) is 6.33 Å². The van der Waals surface area contributed by atoms with E-state index < -0.39 is 5.41 Å². The van der Waals surface area contributed by atoms with Gasteiger partial charge < -0.3 is 16.4 Å². The van der Waals surface area contributed by atoms with Gasteiger partial charge in [-0.2, -0.15) is 0 Å². The molecule has 1 amide bonds. The summed E-state index contributed by atoms with van der Waals surface area (Å²) in [5.74, 6) is 1.37. The second-order valence-corrected chi connectivity index (χ2v) is 5.49. The van der Waals surface area contributed by atoms with Crippen molar-refractivity contribution in [2.45, 2.75) is 33.6 Å². The number of nitrogens with zero attached hydrogens (tertiary/aromatic N) is 2. The van der Waals surface area contributed by atoms with Gasteiger partial charge in [-0.15, -0.1) is 0 Å². The van der Waals surface area contributed by atoms with Gasteiger partial charge in [0, 0.05) is 19.2 Å². The normalized spacial score (nSPS) is 11.5. The summed E-state index contributed by atoms with van der Waals surface area (Å²) in [6, 6.07) is 0. The van der Waals surface area contributed by atoms with Crippen LogP contribution in [-0.4, -0.2) is 29.5 Å². The second kappa shape index (κ2) is 5.86. The number of hydrogen-bond acceptors (Lipinski definition) is 5. The number of carbonyl (C=O) groups excluding carboxylic acids is 1. The Morgan fingerprint density at radius 1 is 1.42 bits per heavy atom. The van der Waals surface area contributed by atoms with Crippen molar-refractivity contribution >= 4 is 17.5 Å². The van der Waals surface area contributed by atoms with E-state index in [0.717, 1.165) is 5.56 Å². The van der Waals surface area contributed by atoms with Crippen LogP contribution in [0.2, 0.25) is 0 Å². The Balaban J connectivity index is 2.90. The van der Waals surface area contributed by atoms with Crippen molar-refractivity contribution in [2.75, 3.05) is 24.6 Å². The Morgan fingerprint density at radius 2 is 2.05 bits per heavy atom. The lowest BCUT2D eigenvalue weighted by Crippen LogP contribution is -2.39. The summed E-state index contributed by atoms with van der Waals surface area (Å²) in [6.07, 6.45) is 1.43. The minimum atomic E-state index is -0.525. The van der Waals surface area contributed by atoms with Crippen LogP contribution in [0.25, 0.3) is 0 Å². The van der Waals surface area contributed by atoms with Gasteiger partial charge in [0.15, 0.2) is 0 Å². The van der Waals surface area contributed by atoms with E-state index in [-0.39, 0.29) is 11.8 Å². The highest BCUT2D eigenvalue weighted by atomic mass is 16.2. The van der Waals surface area contributed by atoms with Gasteiger partial charge >= 0.3 is 0 Å². The zero-order valence-electron chi connectivity index (χ0n) is 12.2. The average Bonchev–Trinajstić information content (AvgIpc) is 2.34. The van der Waals surface area contributed by atoms with Crippen molar-refractivity contribution in [3.8, 4) is 0 Å². The van der Waals surface area contributed by atoms with Crippen molar-refractivity contribution < 1.29 is 4.79 Å². The zero-order chi connectivity index (χ0) is 14.6. The molecule has 6 heteroatoms. The number of anilines is 2. The average molecular weight is 265 g/mol. The minimum absolute atomic E-state index is 0.0203. The molecule has 0 fully saturated rings. The van der Waals surface area contributed by atoms with Gasteiger partial charge in [0.25, 0.3) is 0 Å². The third kappa shape index (κ3) is 3.56. The van der Waals surface area contributed by atoms with Gasteiger partial charge in [0.2, 0.25) is 5.91 Å². The number of nitrogens with two attached hydrogens (primary N) is 1. The summed E-state index contributed by atoms with van der Waals surface area (Å²) in [6.45, 7) is 8.29. The molecular formula is C13H23N5O. The monoisotopic (exact) mass is 265 g/mol. The Kier molecular flexibility index (Phi) is 4.69. The maximum atomic E-state index is 11.7. The highest BCUT2D eigenvalue weighted by Gasteiger charge is 2.27. The topological polar surface area (TPSA) is 92.9 Å². The van der Waals surface area contributed by atoms with E-state index >= 15 is 0 Å². The molecule has 106 valence electrons. The SMILES string of the molecule is CNC(=O)C(C)(C)CNc1ncnc(N)c1C(C)C. The quantitative estimate of drug-likeness (QED) is 0.747. The molecule has 0 atom stereocenters. The van der Waals surface area contributed by atoms with Gasteiger partial charge in [-0.1, -0.05) is 13.8 Å². The van der Waals surface area contributed by atoms with Crippen LogP contribution in [0.4, 0.5) is 11.6 Å². The first-order valence-corrected chi connectivity index (χ1v) is 6.36. The van der Waals surface area contributed by atoms with Gasteiger partial charge in [0.1, 0.15) is 18.0 Å². The second-order valence-electron chi connectivity index (χ2n) is 5.49. The molecule has 6 nitrogen and oxygen atoms in total. The molecule has 0 unspecified atom stereocenters. The van der Waals surface area contributed by atoms with Crippen LogP contribution in [0, 0.1) is 5.41 Å². The molecule has 0 aliphatic rings. The van der Waals surface area contributed by atoms with E-state index in [1.807, 2.05) is 27.7 Å². The fraction of sp³-hybridized carbons (Fsp3) is 0.615. The molecule has 19 heavy (non-hydrogen) atoms. The molecule has 1 heterocycles. The fourth-order valence-corrected chi connectivity index (χ4v) is 1.84. The molecule has 0 aromatic carbocycles. The first-order valence-electron chi connectivity index (χ1n) is 6.36. The maximum absolute atomic E-state index is 11.7. The predicted molar refractivity (Wildman–Crippen MR) is 76.9 cm³/mol. The largest absolute Gasteiger partial charge is 0.383 e. The summed E-state index contributed by atoms with van der Waals surface area (Å²) >= 11 is 0. The van der Waals surface area contributed by atoms with Gasteiger partial charge in [-0.3, -0.25) is 4.79 Å². The van der Waals surface area contributed by atoms with Crippen LogP contribution >= 0.6 is 0 Å². The lowest BCUT2D eigenvalue weighted by molar-refractivity contribution is -0.128. The summed E-state index contributed by atoms with van der Waals surface area (Å²) < 4.78 is 0.